The number of halogens is 1. The number of amides is 1. The van der Waals surface area contributed by atoms with Crippen LogP contribution in [0.4, 0.5) is 0 Å². The van der Waals surface area contributed by atoms with E-state index in [0.717, 1.165) is 0 Å². The number of morpholine rings is 1. The number of rotatable bonds is 4. The Labute approximate surface area is 156 Å². The molecule has 0 N–H and O–H groups in total. The van der Waals surface area contributed by atoms with E-state index in [-0.39, 0.29) is 18.8 Å². The molecule has 4 rings (SSSR count). The first kappa shape index (κ1) is 17.0. The largest absolute Gasteiger partial charge is 0.491 e. The predicted molar refractivity (Wildman–Crippen MR) is 95.2 cm³/mol. The minimum Gasteiger partial charge on any atom is -0.491 e. The van der Waals surface area contributed by atoms with Gasteiger partial charge < -0.3 is 23.8 Å². The Balaban J connectivity index is 1.35. The average Bonchev–Trinajstić information content (AvgIpc) is 3.14. The zero-order valence-corrected chi connectivity index (χ0v) is 14.8. The first-order valence-electron chi connectivity index (χ1n) is 8.38. The van der Waals surface area contributed by atoms with Crippen molar-refractivity contribution in [3.05, 3.63) is 53.1 Å². The molecule has 2 heterocycles. The van der Waals surface area contributed by atoms with Crippen molar-refractivity contribution in [1.82, 2.24) is 4.90 Å². The number of fused-ring (bicyclic) bond motifs is 1. The zero-order valence-electron chi connectivity index (χ0n) is 14.0. The second-order valence-electron chi connectivity index (χ2n) is 6.08. The monoisotopic (exact) mass is 375 g/mol. The number of benzene rings is 2. The van der Waals surface area contributed by atoms with Gasteiger partial charge in [-0.15, -0.1) is 0 Å². The van der Waals surface area contributed by atoms with Gasteiger partial charge in [0.05, 0.1) is 13.2 Å². The third-order valence-electron chi connectivity index (χ3n) is 4.28. The topological polar surface area (TPSA) is 57.2 Å². The fraction of sp³-hybridized carbons (Fsp3) is 0.316. The van der Waals surface area contributed by atoms with Crippen LogP contribution in [0.5, 0.6) is 17.2 Å². The summed E-state index contributed by atoms with van der Waals surface area (Å²) in [5.74, 6) is 2.01. The van der Waals surface area contributed by atoms with E-state index in [4.69, 9.17) is 30.5 Å². The molecule has 26 heavy (non-hydrogen) atoms. The van der Waals surface area contributed by atoms with Crippen molar-refractivity contribution in [2.75, 3.05) is 33.1 Å². The molecule has 0 bridgehead atoms. The summed E-state index contributed by atoms with van der Waals surface area (Å²) >= 11 is 5.98. The van der Waals surface area contributed by atoms with E-state index in [1.165, 1.54) is 0 Å². The zero-order chi connectivity index (χ0) is 17.9. The molecular weight excluding hydrogens is 358 g/mol. The van der Waals surface area contributed by atoms with Crippen LogP contribution in [0.2, 0.25) is 5.02 Å². The van der Waals surface area contributed by atoms with E-state index in [2.05, 4.69) is 0 Å². The van der Waals surface area contributed by atoms with Gasteiger partial charge in [-0.1, -0.05) is 17.7 Å². The van der Waals surface area contributed by atoms with Crippen molar-refractivity contribution in [2.45, 2.75) is 6.10 Å². The van der Waals surface area contributed by atoms with Crippen molar-refractivity contribution in [2.24, 2.45) is 0 Å². The van der Waals surface area contributed by atoms with Crippen LogP contribution in [0.25, 0.3) is 0 Å². The lowest BCUT2D eigenvalue weighted by Crippen LogP contribution is -2.47. The molecule has 7 heteroatoms. The highest BCUT2D eigenvalue weighted by molar-refractivity contribution is 6.30. The highest BCUT2D eigenvalue weighted by Crippen LogP contribution is 2.35. The van der Waals surface area contributed by atoms with Crippen molar-refractivity contribution in [1.29, 1.82) is 0 Å². The van der Waals surface area contributed by atoms with Crippen LogP contribution < -0.4 is 14.2 Å². The minimum absolute atomic E-state index is 0.0520. The quantitative estimate of drug-likeness (QED) is 0.822. The second kappa shape index (κ2) is 7.43. The van der Waals surface area contributed by atoms with Crippen LogP contribution in [-0.2, 0) is 4.74 Å². The Bertz CT molecular complexity index is 812. The Morgan fingerprint density at radius 1 is 1.19 bits per heavy atom. The molecule has 2 aromatic carbocycles. The molecule has 2 aliphatic rings. The highest BCUT2D eigenvalue weighted by Gasteiger charge is 2.26. The van der Waals surface area contributed by atoms with Crippen LogP contribution in [0, 0.1) is 0 Å². The van der Waals surface area contributed by atoms with Crippen LogP contribution in [0.3, 0.4) is 0 Å². The summed E-state index contributed by atoms with van der Waals surface area (Å²) in [6.45, 7) is 2.06. The maximum absolute atomic E-state index is 12.6. The van der Waals surface area contributed by atoms with Gasteiger partial charge in [-0.05, 0) is 30.3 Å². The van der Waals surface area contributed by atoms with Gasteiger partial charge in [-0.3, -0.25) is 4.79 Å². The molecule has 0 radical (unpaired) electrons. The molecule has 1 atom stereocenters. The summed E-state index contributed by atoms with van der Waals surface area (Å²) in [4.78, 5) is 14.4. The van der Waals surface area contributed by atoms with Gasteiger partial charge in [-0.2, -0.15) is 0 Å². The van der Waals surface area contributed by atoms with Crippen LogP contribution in [0.15, 0.2) is 42.5 Å². The maximum atomic E-state index is 12.6. The summed E-state index contributed by atoms with van der Waals surface area (Å²) in [7, 11) is 0. The number of nitrogens with zero attached hydrogens (tertiary/aromatic N) is 1. The molecule has 1 fully saturated rings. The maximum Gasteiger partial charge on any atom is 0.254 e. The van der Waals surface area contributed by atoms with Crippen molar-refractivity contribution < 1.29 is 23.7 Å². The first-order chi connectivity index (χ1) is 12.7. The lowest BCUT2D eigenvalue weighted by Gasteiger charge is -2.33. The molecule has 1 saturated heterocycles. The van der Waals surface area contributed by atoms with Crippen LogP contribution >= 0.6 is 11.6 Å². The molecule has 6 nitrogen and oxygen atoms in total. The Morgan fingerprint density at radius 3 is 2.96 bits per heavy atom. The second-order valence-corrected chi connectivity index (χ2v) is 6.52. The molecule has 0 spiro atoms. The Morgan fingerprint density at radius 2 is 2.08 bits per heavy atom. The van der Waals surface area contributed by atoms with E-state index in [1.54, 1.807) is 35.2 Å². The van der Waals surface area contributed by atoms with Crippen molar-refractivity contribution >= 4 is 17.5 Å². The lowest BCUT2D eigenvalue weighted by atomic mass is 10.1. The number of hydrogen-bond donors (Lipinski definition) is 0. The molecule has 0 unspecified atom stereocenters. The molecule has 1 amide bonds. The summed E-state index contributed by atoms with van der Waals surface area (Å²) in [6, 6.07) is 12.4. The highest BCUT2D eigenvalue weighted by atomic mass is 35.5. The van der Waals surface area contributed by atoms with Gasteiger partial charge in [0.2, 0.25) is 6.79 Å². The fourth-order valence-corrected chi connectivity index (χ4v) is 3.15. The van der Waals surface area contributed by atoms with E-state index in [9.17, 15) is 4.79 Å². The van der Waals surface area contributed by atoms with Crippen LogP contribution in [0.1, 0.15) is 10.4 Å². The summed E-state index contributed by atoms with van der Waals surface area (Å²) in [5.41, 5.74) is 0.579. The van der Waals surface area contributed by atoms with Gasteiger partial charge in [0, 0.05) is 23.2 Å². The Kier molecular flexibility index (Phi) is 4.86. The number of hydrogen-bond acceptors (Lipinski definition) is 5. The predicted octanol–water partition coefficient (Wildman–Crippen LogP) is 2.99. The third kappa shape index (κ3) is 3.71. The summed E-state index contributed by atoms with van der Waals surface area (Å²) in [6.07, 6.45) is -0.197. The number of carbonyl (C=O) groups is 1. The fourth-order valence-electron chi connectivity index (χ4n) is 2.96. The smallest absolute Gasteiger partial charge is 0.254 e. The molecule has 136 valence electrons. The van der Waals surface area contributed by atoms with Gasteiger partial charge in [0.1, 0.15) is 18.5 Å². The third-order valence-corrected chi connectivity index (χ3v) is 4.51. The van der Waals surface area contributed by atoms with E-state index >= 15 is 0 Å². The lowest BCUT2D eigenvalue weighted by molar-refractivity contribution is -0.0401. The van der Waals surface area contributed by atoms with Crippen LogP contribution in [-0.4, -0.2) is 50.0 Å². The summed E-state index contributed by atoms with van der Waals surface area (Å²) < 4.78 is 22.2. The number of carbonyl (C=O) groups excluding carboxylic acids is 1. The molecular formula is C19H18ClNO5. The minimum atomic E-state index is -0.197. The van der Waals surface area contributed by atoms with Gasteiger partial charge >= 0.3 is 0 Å². The van der Waals surface area contributed by atoms with Gasteiger partial charge in [0.25, 0.3) is 5.91 Å². The van der Waals surface area contributed by atoms with Gasteiger partial charge in [-0.25, -0.2) is 0 Å². The SMILES string of the molecule is O=C(c1cccc(Cl)c1)N1CCO[C@@H](COc2ccc3c(c2)OCO3)C1. The number of ether oxygens (including phenoxy) is 4. The van der Waals surface area contributed by atoms with E-state index in [0.29, 0.717) is 54.1 Å². The molecule has 0 aromatic heterocycles. The van der Waals surface area contributed by atoms with Gasteiger partial charge in [0.15, 0.2) is 11.5 Å². The average molecular weight is 376 g/mol. The van der Waals surface area contributed by atoms with Crippen molar-refractivity contribution in [3.8, 4) is 17.2 Å². The molecule has 0 saturated carbocycles. The van der Waals surface area contributed by atoms with E-state index < -0.39 is 0 Å². The Hall–Kier alpha value is -2.44. The standard InChI is InChI=1S/C19H18ClNO5/c20-14-3-1-2-13(8-14)19(22)21-6-7-23-16(10-21)11-24-15-4-5-17-18(9-15)26-12-25-17/h1-5,8-9,16H,6-7,10-12H2/t16-/m1/s1. The first-order valence-corrected chi connectivity index (χ1v) is 8.76. The normalized spacial score (nSPS) is 18.7. The molecule has 2 aromatic rings. The summed E-state index contributed by atoms with van der Waals surface area (Å²) in [5, 5.41) is 0.548. The molecule has 0 aliphatic carbocycles. The molecule has 2 aliphatic heterocycles. The van der Waals surface area contributed by atoms with E-state index in [1.807, 2.05) is 12.1 Å². The van der Waals surface area contributed by atoms with Crippen molar-refractivity contribution in [3.63, 3.8) is 0 Å².